The number of pyridine rings is 1. The first-order chi connectivity index (χ1) is 9.61. The van der Waals surface area contributed by atoms with Crippen molar-refractivity contribution in [3.05, 3.63) is 53.3 Å². The van der Waals surface area contributed by atoms with Gasteiger partial charge in [0.25, 0.3) is 0 Å². The summed E-state index contributed by atoms with van der Waals surface area (Å²) in [6.07, 6.45) is 0. The quantitative estimate of drug-likeness (QED) is 0.683. The van der Waals surface area contributed by atoms with Gasteiger partial charge in [-0.2, -0.15) is 0 Å². The molecule has 5 nitrogen and oxygen atoms in total. The first kappa shape index (κ1) is 13.9. The number of benzene rings is 1. The van der Waals surface area contributed by atoms with Crippen LogP contribution in [0.2, 0.25) is 0 Å². The third-order valence-corrected chi connectivity index (χ3v) is 2.78. The van der Waals surface area contributed by atoms with Crippen LogP contribution >= 0.6 is 0 Å². The van der Waals surface area contributed by atoms with Crippen LogP contribution in [-0.2, 0) is 11.3 Å². The maximum Gasteiger partial charge on any atom is 0.344 e. The van der Waals surface area contributed by atoms with Gasteiger partial charge in [-0.25, -0.2) is 4.79 Å². The number of aromatic nitrogens is 1. The molecular weight excluding hydrogens is 256 g/mol. The number of carbonyl (C=O) groups excluding carboxylic acids is 1. The predicted molar refractivity (Wildman–Crippen MR) is 75.5 cm³/mol. The van der Waals surface area contributed by atoms with Crippen molar-refractivity contribution in [3.8, 4) is 5.75 Å². The molecule has 0 spiro atoms. The van der Waals surface area contributed by atoms with Crippen LogP contribution in [0.3, 0.4) is 0 Å². The molecular formula is C15H16N2O3. The Morgan fingerprint density at radius 3 is 2.70 bits per heavy atom. The van der Waals surface area contributed by atoms with Crippen molar-refractivity contribution >= 4 is 11.7 Å². The van der Waals surface area contributed by atoms with Crippen LogP contribution in [0, 0.1) is 6.92 Å². The fourth-order valence-electron chi connectivity index (χ4n) is 1.83. The van der Waals surface area contributed by atoms with Crippen molar-refractivity contribution in [1.82, 2.24) is 4.98 Å². The zero-order valence-electron chi connectivity index (χ0n) is 11.4. The molecule has 0 bridgehead atoms. The Morgan fingerprint density at radius 1 is 1.25 bits per heavy atom. The van der Waals surface area contributed by atoms with Gasteiger partial charge in [-0.1, -0.05) is 12.1 Å². The van der Waals surface area contributed by atoms with E-state index in [0.717, 1.165) is 5.69 Å². The van der Waals surface area contributed by atoms with Gasteiger partial charge in [-0.3, -0.25) is 4.98 Å². The summed E-state index contributed by atoms with van der Waals surface area (Å²) in [5.41, 5.74) is 7.92. The summed E-state index contributed by atoms with van der Waals surface area (Å²) >= 11 is 0. The number of nitrogens with two attached hydrogens (primary N) is 1. The largest absolute Gasteiger partial charge is 0.496 e. The molecule has 1 aromatic carbocycles. The van der Waals surface area contributed by atoms with Crippen molar-refractivity contribution in [3.63, 3.8) is 0 Å². The Morgan fingerprint density at radius 2 is 2.00 bits per heavy atom. The van der Waals surface area contributed by atoms with Gasteiger partial charge in [0.2, 0.25) is 0 Å². The number of nitrogen functional groups attached to an aromatic ring is 1. The lowest BCUT2D eigenvalue weighted by atomic mass is 10.1. The third kappa shape index (κ3) is 3.06. The highest BCUT2D eigenvalue weighted by molar-refractivity contribution is 5.98. The van der Waals surface area contributed by atoms with E-state index in [0.29, 0.717) is 17.1 Å². The number of anilines is 1. The van der Waals surface area contributed by atoms with Gasteiger partial charge >= 0.3 is 5.97 Å². The molecule has 104 valence electrons. The van der Waals surface area contributed by atoms with Crippen molar-refractivity contribution < 1.29 is 14.3 Å². The van der Waals surface area contributed by atoms with Gasteiger partial charge in [-0.15, -0.1) is 0 Å². The molecule has 0 unspecified atom stereocenters. The lowest BCUT2D eigenvalue weighted by Crippen LogP contribution is -2.10. The molecule has 2 N–H and O–H groups in total. The summed E-state index contributed by atoms with van der Waals surface area (Å²) < 4.78 is 10.4. The number of hydrogen-bond donors (Lipinski definition) is 1. The maximum absolute atomic E-state index is 12.1. The molecule has 0 amide bonds. The average molecular weight is 272 g/mol. The van der Waals surface area contributed by atoms with Crippen LogP contribution in [0.15, 0.2) is 36.4 Å². The summed E-state index contributed by atoms with van der Waals surface area (Å²) in [4.78, 5) is 16.4. The van der Waals surface area contributed by atoms with E-state index in [4.69, 9.17) is 15.2 Å². The fourth-order valence-corrected chi connectivity index (χ4v) is 1.83. The lowest BCUT2D eigenvalue weighted by molar-refractivity contribution is 0.0465. The number of ether oxygens (including phenoxy) is 2. The van der Waals surface area contributed by atoms with Gasteiger partial charge in [0.15, 0.2) is 0 Å². The highest BCUT2D eigenvalue weighted by Crippen LogP contribution is 2.25. The van der Waals surface area contributed by atoms with Crippen LogP contribution in [0.4, 0.5) is 5.69 Å². The number of hydrogen-bond acceptors (Lipinski definition) is 5. The normalized spacial score (nSPS) is 10.1. The highest BCUT2D eigenvalue weighted by atomic mass is 16.5. The second-order valence-corrected chi connectivity index (χ2v) is 4.27. The van der Waals surface area contributed by atoms with Gasteiger partial charge in [0.1, 0.15) is 17.9 Å². The number of esters is 1. The standard InChI is InChI=1S/C15H16N2O3/c1-10-5-3-6-11(17-10)9-20-15(18)14-12(16)7-4-8-13(14)19-2/h3-8H,9,16H2,1-2H3. The highest BCUT2D eigenvalue weighted by Gasteiger charge is 2.17. The summed E-state index contributed by atoms with van der Waals surface area (Å²) in [6, 6.07) is 10.5. The molecule has 20 heavy (non-hydrogen) atoms. The predicted octanol–water partition coefficient (Wildman–Crippen LogP) is 2.34. The Balaban J connectivity index is 2.13. The smallest absolute Gasteiger partial charge is 0.344 e. The Labute approximate surface area is 117 Å². The Kier molecular flexibility index (Phi) is 4.20. The number of rotatable bonds is 4. The molecule has 2 rings (SSSR count). The molecule has 1 heterocycles. The van der Waals surface area contributed by atoms with E-state index in [9.17, 15) is 4.79 Å². The van der Waals surface area contributed by atoms with E-state index in [1.165, 1.54) is 7.11 Å². The molecule has 0 atom stereocenters. The van der Waals surface area contributed by atoms with Crippen LogP contribution in [0.25, 0.3) is 0 Å². The minimum Gasteiger partial charge on any atom is -0.496 e. The molecule has 0 aliphatic rings. The van der Waals surface area contributed by atoms with Crippen LogP contribution in [0.5, 0.6) is 5.75 Å². The van der Waals surface area contributed by atoms with Crippen LogP contribution in [-0.4, -0.2) is 18.1 Å². The summed E-state index contributed by atoms with van der Waals surface area (Å²) in [6.45, 7) is 1.97. The fraction of sp³-hybridized carbons (Fsp3) is 0.200. The van der Waals surface area contributed by atoms with Crippen molar-refractivity contribution in [1.29, 1.82) is 0 Å². The van der Waals surface area contributed by atoms with Gasteiger partial charge in [0, 0.05) is 11.4 Å². The first-order valence-corrected chi connectivity index (χ1v) is 6.14. The van der Waals surface area contributed by atoms with Gasteiger partial charge < -0.3 is 15.2 Å². The number of methoxy groups -OCH3 is 1. The van der Waals surface area contributed by atoms with Crippen LogP contribution < -0.4 is 10.5 Å². The number of nitrogens with zero attached hydrogens (tertiary/aromatic N) is 1. The molecule has 2 aromatic rings. The first-order valence-electron chi connectivity index (χ1n) is 6.14. The van der Waals surface area contributed by atoms with E-state index >= 15 is 0 Å². The topological polar surface area (TPSA) is 74.4 Å². The summed E-state index contributed by atoms with van der Waals surface area (Å²) in [7, 11) is 1.48. The molecule has 0 aliphatic heterocycles. The monoisotopic (exact) mass is 272 g/mol. The van der Waals surface area contributed by atoms with Crippen molar-refractivity contribution in [2.75, 3.05) is 12.8 Å². The third-order valence-electron chi connectivity index (χ3n) is 2.78. The minimum absolute atomic E-state index is 0.0952. The molecule has 0 saturated heterocycles. The van der Waals surface area contributed by atoms with E-state index in [-0.39, 0.29) is 12.2 Å². The maximum atomic E-state index is 12.1. The average Bonchev–Trinajstić information content (AvgIpc) is 2.44. The summed E-state index contributed by atoms with van der Waals surface area (Å²) in [5, 5.41) is 0. The second kappa shape index (κ2) is 6.06. The molecule has 0 aliphatic carbocycles. The Bertz CT molecular complexity index is 626. The van der Waals surface area contributed by atoms with Crippen LogP contribution in [0.1, 0.15) is 21.7 Å². The Hall–Kier alpha value is -2.56. The van der Waals surface area contributed by atoms with Gasteiger partial charge in [0.05, 0.1) is 12.8 Å². The van der Waals surface area contributed by atoms with E-state index < -0.39 is 5.97 Å². The van der Waals surface area contributed by atoms with E-state index in [1.807, 2.05) is 19.1 Å². The minimum atomic E-state index is -0.525. The number of aryl methyl sites for hydroxylation is 1. The van der Waals surface area contributed by atoms with E-state index in [1.54, 1.807) is 24.3 Å². The molecule has 0 fully saturated rings. The molecule has 0 radical (unpaired) electrons. The SMILES string of the molecule is COc1cccc(N)c1C(=O)OCc1cccc(C)n1. The van der Waals surface area contributed by atoms with E-state index in [2.05, 4.69) is 4.98 Å². The van der Waals surface area contributed by atoms with Crippen molar-refractivity contribution in [2.45, 2.75) is 13.5 Å². The molecule has 1 aromatic heterocycles. The number of carbonyl (C=O) groups is 1. The van der Waals surface area contributed by atoms with Crippen molar-refractivity contribution in [2.24, 2.45) is 0 Å². The lowest BCUT2D eigenvalue weighted by Gasteiger charge is -2.10. The van der Waals surface area contributed by atoms with Gasteiger partial charge in [-0.05, 0) is 31.2 Å². The second-order valence-electron chi connectivity index (χ2n) is 4.27. The molecule has 0 saturated carbocycles. The zero-order valence-corrected chi connectivity index (χ0v) is 11.4. The summed E-state index contributed by atoms with van der Waals surface area (Å²) in [5.74, 6) is -0.129. The zero-order chi connectivity index (χ0) is 14.5. The molecule has 5 heteroatoms.